The molecule has 2 N–H and O–H groups in total. The number of anilines is 1. The Balaban J connectivity index is 1.98. The van der Waals surface area contributed by atoms with E-state index in [1.165, 1.54) is 18.4 Å². The molecule has 0 bridgehead atoms. The fourth-order valence-corrected chi connectivity index (χ4v) is 1.68. The number of aryl methyl sites for hydroxylation is 1. The maximum absolute atomic E-state index is 9.19. The molecule has 1 unspecified atom stereocenters. The van der Waals surface area contributed by atoms with Crippen molar-refractivity contribution < 1.29 is 5.11 Å². The van der Waals surface area contributed by atoms with Crippen LogP contribution < -0.4 is 5.32 Å². The minimum Gasteiger partial charge on any atom is -0.394 e. The van der Waals surface area contributed by atoms with Crippen molar-refractivity contribution in [3.63, 3.8) is 0 Å². The van der Waals surface area contributed by atoms with Crippen molar-refractivity contribution >= 4 is 5.69 Å². The number of nitrogens with one attached hydrogen (secondary N) is 1. The van der Waals surface area contributed by atoms with Gasteiger partial charge in [-0.3, -0.25) is 0 Å². The Labute approximate surface area is 85.0 Å². The highest BCUT2D eigenvalue weighted by Gasteiger charge is 2.30. The molecule has 0 aromatic heterocycles. The molecule has 1 aliphatic carbocycles. The molecule has 2 heteroatoms. The van der Waals surface area contributed by atoms with E-state index >= 15 is 0 Å². The maximum Gasteiger partial charge on any atom is 0.0635 e. The normalized spacial score (nSPS) is 17.9. The molecule has 1 atom stereocenters. The molecule has 0 saturated heterocycles. The average molecular weight is 191 g/mol. The van der Waals surface area contributed by atoms with Crippen molar-refractivity contribution in [2.24, 2.45) is 5.92 Å². The van der Waals surface area contributed by atoms with Gasteiger partial charge in [0.05, 0.1) is 12.6 Å². The van der Waals surface area contributed by atoms with E-state index in [4.69, 9.17) is 0 Å². The summed E-state index contributed by atoms with van der Waals surface area (Å²) >= 11 is 0. The molecule has 1 aliphatic rings. The van der Waals surface area contributed by atoms with Gasteiger partial charge in [-0.15, -0.1) is 0 Å². The predicted octanol–water partition coefficient (Wildman–Crippen LogP) is 2.18. The van der Waals surface area contributed by atoms with Crippen LogP contribution in [0.15, 0.2) is 24.3 Å². The molecule has 1 fully saturated rings. The zero-order chi connectivity index (χ0) is 9.97. The van der Waals surface area contributed by atoms with E-state index in [0.717, 1.165) is 5.69 Å². The SMILES string of the molecule is Cc1ccc(NC(CO)C2CC2)cc1. The van der Waals surface area contributed by atoms with Crippen LogP contribution in [0.3, 0.4) is 0 Å². The van der Waals surface area contributed by atoms with Gasteiger partial charge < -0.3 is 10.4 Å². The van der Waals surface area contributed by atoms with Crippen molar-refractivity contribution in [1.29, 1.82) is 0 Å². The van der Waals surface area contributed by atoms with E-state index in [-0.39, 0.29) is 12.6 Å². The fourth-order valence-electron chi connectivity index (χ4n) is 1.68. The van der Waals surface area contributed by atoms with Crippen LogP contribution in [-0.2, 0) is 0 Å². The second-order valence-electron chi connectivity index (χ2n) is 4.14. The molecular formula is C12H17NO. The summed E-state index contributed by atoms with van der Waals surface area (Å²) in [5.74, 6) is 0.682. The Morgan fingerprint density at radius 1 is 1.36 bits per heavy atom. The van der Waals surface area contributed by atoms with Crippen LogP contribution in [0.5, 0.6) is 0 Å². The van der Waals surface area contributed by atoms with Crippen molar-refractivity contribution in [3.8, 4) is 0 Å². The first-order chi connectivity index (χ1) is 6.79. The zero-order valence-electron chi connectivity index (χ0n) is 8.53. The lowest BCUT2D eigenvalue weighted by Crippen LogP contribution is -2.25. The molecule has 1 saturated carbocycles. The maximum atomic E-state index is 9.19. The van der Waals surface area contributed by atoms with Gasteiger partial charge >= 0.3 is 0 Å². The molecule has 1 aromatic carbocycles. The third kappa shape index (κ3) is 2.26. The van der Waals surface area contributed by atoms with Crippen molar-refractivity contribution in [2.75, 3.05) is 11.9 Å². The fraction of sp³-hybridized carbons (Fsp3) is 0.500. The van der Waals surface area contributed by atoms with E-state index in [9.17, 15) is 5.11 Å². The molecule has 0 amide bonds. The minimum atomic E-state index is 0.235. The molecule has 2 nitrogen and oxygen atoms in total. The molecule has 76 valence electrons. The first-order valence-corrected chi connectivity index (χ1v) is 5.23. The van der Waals surface area contributed by atoms with Gasteiger partial charge in [0.15, 0.2) is 0 Å². The largest absolute Gasteiger partial charge is 0.394 e. The highest BCUT2D eigenvalue weighted by Crippen LogP contribution is 2.33. The summed E-state index contributed by atoms with van der Waals surface area (Å²) in [6, 6.07) is 8.56. The Morgan fingerprint density at radius 3 is 2.50 bits per heavy atom. The van der Waals surface area contributed by atoms with Gasteiger partial charge in [0.2, 0.25) is 0 Å². The van der Waals surface area contributed by atoms with Gasteiger partial charge in [-0.25, -0.2) is 0 Å². The minimum absolute atomic E-state index is 0.235. The molecule has 0 radical (unpaired) electrons. The summed E-state index contributed by atoms with van der Waals surface area (Å²) in [6.45, 7) is 2.31. The molecule has 0 aliphatic heterocycles. The van der Waals surface area contributed by atoms with Crippen LogP contribution in [0.2, 0.25) is 0 Å². The summed E-state index contributed by atoms with van der Waals surface area (Å²) < 4.78 is 0. The van der Waals surface area contributed by atoms with E-state index in [0.29, 0.717) is 5.92 Å². The van der Waals surface area contributed by atoms with Gasteiger partial charge in [0.1, 0.15) is 0 Å². The Hall–Kier alpha value is -1.02. The Kier molecular flexibility index (Phi) is 2.73. The summed E-state index contributed by atoms with van der Waals surface area (Å²) in [7, 11) is 0. The zero-order valence-corrected chi connectivity index (χ0v) is 8.53. The molecule has 2 rings (SSSR count). The van der Waals surface area contributed by atoms with Crippen molar-refractivity contribution in [2.45, 2.75) is 25.8 Å². The molecule has 0 spiro atoms. The summed E-state index contributed by atoms with van der Waals surface area (Å²) in [5.41, 5.74) is 2.38. The van der Waals surface area contributed by atoms with Crippen LogP contribution in [0.25, 0.3) is 0 Å². The number of aliphatic hydroxyl groups excluding tert-OH is 1. The quantitative estimate of drug-likeness (QED) is 0.764. The molecule has 0 heterocycles. The smallest absolute Gasteiger partial charge is 0.0635 e. The molecular weight excluding hydrogens is 174 g/mol. The van der Waals surface area contributed by atoms with Gasteiger partial charge in [-0.05, 0) is 37.8 Å². The topological polar surface area (TPSA) is 32.3 Å². The number of hydrogen-bond acceptors (Lipinski definition) is 2. The first-order valence-electron chi connectivity index (χ1n) is 5.23. The molecule has 1 aromatic rings. The summed E-state index contributed by atoms with van der Waals surface area (Å²) in [6.07, 6.45) is 2.51. The number of aliphatic hydroxyl groups is 1. The average Bonchev–Trinajstić information content (AvgIpc) is 3.01. The van der Waals surface area contributed by atoms with Gasteiger partial charge in [0.25, 0.3) is 0 Å². The second kappa shape index (κ2) is 4.01. The number of benzene rings is 1. The predicted molar refractivity (Wildman–Crippen MR) is 58.4 cm³/mol. The monoisotopic (exact) mass is 191 g/mol. The van der Waals surface area contributed by atoms with Gasteiger partial charge in [-0.1, -0.05) is 17.7 Å². The number of rotatable bonds is 4. The van der Waals surface area contributed by atoms with Crippen molar-refractivity contribution in [1.82, 2.24) is 0 Å². The second-order valence-corrected chi connectivity index (χ2v) is 4.14. The van der Waals surface area contributed by atoms with E-state index in [2.05, 4.69) is 36.5 Å². The van der Waals surface area contributed by atoms with Crippen LogP contribution in [-0.4, -0.2) is 17.8 Å². The first kappa shape index (κ1) is 9.53. The highest BCUT2D eigenvalue weighted by molar-refractivity contribution is 5.45. The van der Waals surface area contributed by atoms with Crippen LogP contribution >= 0.6 is 0 Å². The molecule has 14 heavy (non-hydrogen) atoms. The van der Waals surface area contributed by atoms with Gasteiger partial charge in [-0.2, -0.15) is 0 Å². The lowest BCUT2D eigenvalue weighted by Gasteiger charge is -2.16. The Morgan fingerprint density at radius 2 is 2.00 bits per heavy atom. The summed E-state index contributed by atoms with van der Waals surface area (Å²) in [4.78, 5) is 0. The van der Waals surface area contributed by atoms with E-state index < -0.39 is 0 Å². The standard InChI is InChI=1S/C12H17NO/c1-9-2-6-11(7-3-9)13-12(8-14)10-4-5-10/h2-3,6-7,10,12-14H,4-5,8H2,1H3. The lowest BCUT2D eigenvalue weighted by molar-refractivity contribution is 0.263. The van der Waals surface area contributed by atoms with Crippen LogP contribution in [0, 0.1) is 12.8 Å². The van der Waals surface area contributed by atoms with E-state index in [1.54, 1.807) is 0 Å². The Bertz CT molecular complexity index is 290. The summed E-state index contributed by atoms with van der Waals surface area (Å²) in [5, 5.41) is 12.6. The van der Waals surface area contributed by atoms with E-state index in [1.807, 2.05) is 0 Å². The van der Waals surface area contributed by atoms with Crippen LogP contribution in [0.1, 0.15) is 18.4 Å². The van der Waals surface area contributed by atoms with Crippen LogP contribution in [0.4, 0.5) is 5.69 Å². The van der Waals surface area contributed by atoms with Gasteiger partial charge in [0, 0.05) is 5.69 Å². The third-order valence-electron chi connectivity index (χ3n) is 2.79. The number of hydrogen-bond donors (Lipinski definition) is 2. The highest BCUT2D eigenvalue weighted by atomic mass is 16.3. The lowest BCUT2D eigenvalue weighted by atomic mass is 10.1. The van der Waals surface area contributed by atoms with Crippen molar-refractivity contribution in [3.05, 3.63) is 29.8 Å². The third-order valence-corrected chi connectivity index (χ3v) is 2.79.